The quantitative estimate of drug-likeness (QED) is 0.0793. The lowest BCUT2D eigenvalue weighted by atomic mass is 10.1. The summed E-state index contributed by atoms with van der Waals surface area (Å²) in [6.45, 7) is 19.0. The van der Waals surface area contributed by atoms with E-state index in [0.29, 0.717) is 11.4 Å². The number of nitrogens with zero attached hydrogens (tertiary/aromatic N) is 2. The summed E-state index contributed by atoms with van der Waals surface area (Å²) in [6.07, 6.45) is 3.83. The molecular formula is C59H82N2O12S4. The van der Waals surface area contributed by atoms with Crippen molar-refractivity contribution in [2.24, 2.45) is 10.3 Å². The molecule has 77 heavy (non-hydrogen) atoms. The number of oxime groups is 2. The normalized spacial score (nSPS) is 10.5. The smallest absolute Gasteiger partial charge is 0.274 e. The number of fused-ring (bicyclic) bond motifs is 4. The van der Waals surface area contributed by atoms with Crippen LogP contribution in [-0.4, -0.2) is 84.3 Å². The summed E-state index contributed by atoms with van der Waals surface area (Å²) in [6, 6.07) is 66.9. The molecule has 0 amide bonds. The second-order valence-corrected chi connectivity index (χ2v) is 21.1. The van der Waals surface area contributed by atoms with Gasteiger partial charge < -0.3 is 0 Å². The van der Waals surface area contributed by atoms with Crippen LogP contribution in [0.3, 0.4) is 0 Å². The molecule has 0 atom stereocenters. The van der Waals surface area contributed by atoms with Crippen LogP contribution in [0.2, 0.25) is 0 Å². The van der Waals surface area contributed by atoms with Crippen LogP contribution in [0.5, 0.6) is 0 Å². The van der Waals surface area contributed by atoms with E-state index in [1.54, 1.807) is 0 Å². The average molecular weight is 1140 g/mol. The molecular weight excluding hydrogens is 1060 g/mol. The number of rotatable bonds is 8. The molecule has 0 N–H and O–H groups in total. The molecule has 0 aliphatic rings. The van der Waals surface area contributed by atoms with Crippen molar-refractivity contribution in [3.05, 3.63) is 194 Å². The minimum atomic E-state index is -3.65. The highest BCUT2D eigenvalue weighted by Crippen LogP contribution is 2.14. The third kappa shape index (κ3) is 41.3. The fourth-order valence-electron chi connectivity index (χ4n) is 5.23. The number of hydrogen-bond acceptors (Lipinski definition) is 14. The molecule has 424 valence electrons. The first kappa shape index (κ1) is 74.7. The van der Waals surface area contributed by atoms with Gasteiger partial charge in [-0.3, -0.25) is 16.9 Å². The molecule has 0 aliphatic heterocycles. The Hall–Kier alpha value is -6.54. The Morgan fingerprint density at radius 1 is 0.299 bits per heavy atom. The molecule has 0 heterocycles. The van der Waals surface area contributed by atoms with Gasteiger partial charge in [-0.05, 0) is 56.9 Å². The molecule has 0 aromatic heterocycles. The number of benzene rings is 8. The molecule has 0 spiro atoms. The third-order valence-electron chi connectivity index (χ3n) is 8.41. The third-order valence-corrected chi connectivity index (χ3v) is 10.3. The van der Waals surface area contributed by atoms with Gasteiger partial charge in [0.15, 0.2) is 0 Å². The van der Waals surface area contributed by atoms with Crippen molar-refractivity contribution in [1.82, 2.24) is 0 Å². The lowest BCUT2D eigenvalue weighted by Gasteiger charge is -2.00. The van der Waals surface area contributed by atoms with Crippen LogP contribution in [0.15, 0.2) is 204 Å². The first-order valence-electron chi connectivity index (χ1n) is 24.6. The Balaban J connectivity index is -0.000000827. The summed E-state index contributed by atoms with van der Waals surface area (Å²) in [7, 11) is -11.4. The monoisotopic (exact) mass is 1140 g/mol. The van der Waals surface area contributed by atoms with E-state index in [0.717, 1.165) is 39.2 Å². The van der Waals surface area contributed by atoms with Crippen LogP contribution < -0.4 is 0 Å². The van der Waals surface area contributed by atoms with Crippen LogP contribution in [0, 0.1) is 0 Å². The molecule has 8 aromatic carbocycles. The van der Waals surface area contributed by atoms with E-state index >= 15 is 0 Å². The van der Waals surface area contributed by atoms with Gasteiger partial charge >= 0.3 is 20.2 Å². The van der Waals surface area contributed by atoms with Crippen LogP contribution in [0.1, 0.15) is 75.7 Å². The van der Waals surface area contributed by atoms with Crippen molar-refractivity contribution < 1.29 is 50.6 Å². The number of hydrogen-bond donors (Lipinski definition) is 0. The summed E-state index contributed by atoms with van der Waals surface area (Å²) in [5, 5.41) is 17.1. The van der Waals surface area contributed by atoms with Gasteiger partial charge in [0.1, 0.15) is 0 Å². The van der Waals surface area contributed by atoms with Crippen LogP contribution >= 0.6 is 0 Å². The first-order chi connectivity index (χ1) is 36.5. The van der Waals surface area contributed by atoms with E-state index in [1.165, 1.54) is 56.9 Å². The molecule has 0 aliphatic carbocycles. The van der Waals surface area contributed by atoms with Crippen molar-refractivity contribution in [1.29, 1.82) is 0 Å². The highest BCUT2D eigenvalue weighted by atomic mass is 32.2. The highest BCUT2D eigenvalue weighted by Gasteiger charge is 2.05. The highest BCUT2D eigenvalue weighted by molar-refractivity contribution is 7.86. The summed E-state index contributed by atoms with van der Waals surface area (Å²) >= 11 is 0. The van der Waals surface area contributed by atoms with Crippen molar-refractivity contribution >= 4 is 95.0 Å². The van der Waals surface area contributed by atoms with Crippen molar-refractivity contribution in [3.63, 3.8) is 0 Å². The predicted octanol–water partition coefficient (Wildman–Crippen LogP) is 14.7. The molecule has 0 bridgehead atoms. The van der Waals surface area contributed by atoms with Gasteiger partial charge in [-0.1, -0.05) is 260 Å². The zero-order valence-corrected chi connectivity index (χ0v) is 50.9. The molecule has 8 aromatic rings. The minimum absolute atomic E-state index is 0.130. The fraction of sp³-hybridized carbons (Fsp3) is 0.288. The second kappa shape index (κ2) is 43.5. The fourth-order valence-corrected chi connectivity index (χ4v) is 5.75. The van der Waals surface area contributed by atoms with Crippen molar-refractivity contribution in [2.75, 3.05) is 39.2 Å². The standard InChI is InChI=1S/4C10H8.C7H14N2O6S2.2C2H6O3S.4C2H6/c4*1-2-6-10-8-4-3-7-9(10)5-1;1-6(8-14-16(3,10)11)5-7(2)9-15-17(4,12)13;2*1-5-6(2,3)4;4*1-2/h4*1-8H;5H2,1-4H3;2*1-2H3;4*1-2H3. The SMILES string of the molecule is CC.CC.CC.CC.CC(CC(C)=NOS(C)(=O)=O)=NOS(C)(=O)=O.COS(C)(=O)=O.COS(C)(=O)=O.c1ccc2ccccc2c1.c1ccc2ccccc2c1.c1ccc2ccccc2c1.c1ccc2ccccc2c1. The van der Waals surface area contributed by atoms with Gasteiger partial charge in [0, 0.05) is 6.42 Å². The largest absolute Gasteiger partial charge is 0.325 e. The molecule has 0 saturated carbocycles. The maximum Gasteiger partial charge on any atom is 0.325 e. The lowest BCUT2D eigenvalue weighted by molar-refractivity contribution is 0.340. The minimum Gasteiger partial charge on any atom is -0.274 e. The molecule has 0 fully saturated rings. The molecule has 0 radical (unpaired) electrons. The van der Waals surface area contributed by atoms with Gasteiger partial charge in [0.25, 0.3) is 20.2 Å². The molecule has 8 rings (SSSR count). The van der Waals surface area contributed by atoms with Crippen molar-refractivity contribution in [2.45, 2.75) is 75.7 Å². The maximum absolute atomic E-state index is 10.6. The first-order valence-corrected chi connectivity index (χ1v) is 31.9. The van der Waals surface area contributed by atoms with E-state index in [9.17, 15) is 33.7 Å². The Bertz CT molecular complexity index is 2700. The molecule has 14 nitrogen and oxygen atoms in total. The Labute approximate surface area is 462 Å². The average Bonchev–Trinajstić information content (AvgIpc) is 3.44. The van der Waals surface area contributed by atoms with E-state index in [1.807, 2.05) is 55.4 Å². The molecule has 18 heteroatoms. The maximum atomic E-state index is 10.6. The van der Waals surface area contributed by atoms with Gasteiger partial charge in [-0.15, -0.1) is 0 Å². The van der Waals surface area contributed by atoms with Gasteiger partial charge in [-0.25, -0.2) is 0 Å². The van der Waals surface area contributed by atoms with E-state index in [2.05, 4.69) is 221 Å². The van der Waals surface area contributed by atoms with Gasteiger partial charge in [0.05, 0.1) is 50.7 Å². The summed E-state index contributed by atoms with van der Waals surface area (Å²) in [5.74, 6) is 0. The summed E-state index contributed by atoms with van der Waals surface area (Å²) in [5.41, 5.74) is 0.627. The topological polar surface area (TPSA) is 198 Å². The zero-order chi connectivity index (χ0) is 59.4. The second-order valence-electron chi connectivity index (χ2n) is 14.5. The summed E-state index contributed by atoms with van der Waals surface area (Å²) < 4.78 is 97.8. The van der Waals surface area contributed by atoms with Gasteiger partial charge in [0.2, 0.25) is 0 Å². The van der Waals surface area contributed by atoms with Crippen molar-refractivity contribution in [3.8, 4) is 0 Å². The Morgan fingerprint density at radius 3 is 0.506 bits per heavy atom. The Kier molecular flexibility index (Phi) is 42.2. The zero-order valence-electron chi connectivity index (χ0n) is 47.6. The van der Waals surface area contributed by atoms with Crippen LogP contribution in [0.4, 0.5) is 0 Å². The Morgan fingerprint density at radius 2 is 0.416 bits per heavy atom. The van der Waals surface area contributed by atoms with E-state index in [-0.39, 0.29) is 6.42 Å². The van der Waals surface area contributed by atoms with E-state index in [4.69, 9.17) is 0 Å². The predicted molar refractivity (Wildman–Crippen MR) is 328 cm³/mol. The summed E-state index contributed by atoms with van der Waals surface area (Å²) in [4.78, 5) is 0. The lowest BCUT2D eigenvalue weighted by Crippen LogP contribution is -2.06. The van der Waals surface area contributed by atoms with Crippen LogP contribution in [0.25, 0.3) is 43.1 Å². The van der Waals surface area contributed by atoms with E-state index < -0.39 is 40.5 Å². The molecule has 0 saturated heterocycles. The molecule has 0 unspecified atom stereocenters. The van der Waals surface area contributed by atoms with Crippen LogP contribution in [-0.2, 0) is 57.4 Å². The van der Waals surface area contributed by atoms with Gasteiger partial charge in [-0.2, -0.15) is 33.7 Å².